The van der Waals surface area contributed by atoms with Crippen LogP contribution in [0.15, 0.2) is 16.0 Å². The molecule has 7 nitrogen and oxygen atoms in total. The van der Waals surface area contributed by atoms with Gasteiger partial charge in [-0.2, -0.15) is 4.98 Å². The van der Waals surface area contributed by atoms with Crippen molar-refractivity contribution < 1.29 is 9.32 Å². The number of nitrogens with one attached hydrogen (secondary N) is 2. The van der Waals surface area contributed by atoms with Crippen molar-refractivity contribution in [3.8, 4) is 10.8 Å². The van der Waals surface area contributed by atoms with Crippen LogP contribution in [0.3, 0.4) is 0 Å². The molecule has 2 aliphatic heterocycles. The minimum atomic E-state index is -0.149. The first-order chi connectivity index (χ1) is 13.2. The average molecular weight is 388 g/mol. The number of piperidine rings is 2. The van der Waals surface area contributed by atoms with Gasteiger partial charge in [0.2, 0.25) is 0 Å². The molecule has 2 unspecified atom stereocenters. The van der Waals surface area contributed by atoms with Gasteiger partial charge in [-0.15, -0.1) is 11.3 Å². The summed E-state index contributed by atoms with van der Waals surface area (Å²) in [6.07, 6.45) is 8.12. The normalized spacial score (nSPS) is 28.1. The van der Waals surface area contributed by atoms with Gasteiger partial charge in [-0.25, -0.2) is 4.79 Å². The van der Waals surface area contributed by atoms with Crippen LogP contribution >= 0.6 is 11.3 Å². The Labute approximate surface area is 162 Å². The van der Waals surface area contributed by atoms with E-state index >= 15 is 0 Å². The van der Waals surface area contributed by atoms with Crippen molar-refractivity contribution in [1.82, 2.24) is 20.4 Å². The number of thiophene rings is 1. The topological polar surface area (TPSA) is 83.3 Å². The zero-order chi connectivity index (χ0) is 18.4. The Kier molecular flexibility index (Phi) is 4.40. The first-order valence-electron chi connectivity index (χ1n) is 9.88. The molecule has 0 spiro atoms. The molecule has 27 heavy (non-hydrogen) atoms. The minimum Gasteiger partial charge on any atom is -0.335 e. The third kappa shape index (κ3) is 3.48. The number of urea groups is 1. The fourth-order valence-corrected chi connectivity index (χ4v) is 5.26. The predicted octanol–water partition coefficient (Wildman–Crippen LogP) is 3.81. The second-order valence-electron chi connectivity index (χ2n) is 8.07. The van der Waals surface area contributed by atoms with Gasteiger partial charge in [0.1, 0.15) is 4.88 Å². The lowest BCUT2D eigenvalue weighted by molar-refractivity contribution is 0.0513. The quantitative estimate of drug-likeness (QED) is 0.833. The molecule has 3 fully saturated rings. The highest BCUT2D eigenvalue weighted by molar-refractivity contribution is 7.14. The number of anilines is 1. The maximum Gasteiger partial charge on any atom is 0.319 e. The highest BCUT2D eigenvalue weighted by Crippen LogP contribution is 2.40. The van der Waals surface area contributed by atoms with E-state index < -0.39 is 0 Å². The van der Waals surface area contributed by atoms with Gasteiger partial charge >= 0.3 is 6.03 Å². The summed E-state index contributed by atoms with van der Waals surface area (Å²) in [4.78, 5) is 20.4. The molecule has 144 valence electrons. The lowest BCUT2D eigenvalue weighted by Crippen LogP contribution is -2.55. The largest absolute Gasteiger partial charge is 0.335 e. The van der Waals surface area contributed by atoms with Crippen molar-refractivity contribution in [2.24, 2.45) is 0 Å². The zero-order valence-corrected chi connectivity index (χ0v) is 16.3. The van der Waals surface area contributed by atoms with E-state index in [2.05, 4.69) is 32.7 Å². The Morgan fingerprint density at radius 1 is 1.26 bits per heavy atom. The standard InChI is InChI=1S/C19H25N5O2S/c1-24-13-3-2-4-14(24)10-12(9-13)20-19(25)21-15-7-8-27-16(15)18-22-17(23-26-18)11-5-6-11/h7-8,11-14H,2-6,9-10H2,1H3,(H2,20,21,25). The van der Waals surface area contributed by atoms with E-state index in [1.54, 1.807) is 0 Å². The molecule has 3 aliphatic rings. The zero-order valence-electron chi connectivity index (χ0n) is 15.5. The monoisotopic (exact) mass is 387 g/mol. The molecule has 4 heterocycles. The van der Waals surface area contributed by atoms with Gasteiger partial charge < -0.3 is 20.1 Å². The van der Waals surface area contributed by atoms with Crippen molar-refractivity contribution in [2.45, 2.75) is 69.0 Å². The molecule has 1 aliphatic carbocycles. The van der Waals surface area contributed by atoms with E-state index in [1.807, 2.05) is 11.4 Å². The van der Waals surface area contributed by atoms with Crippen LogP contribution in [-0.4, -0.2) is 46.2 Å². The van der Waals surface area contributed by atoms with Crippen molar-refractivity contribution in [1.29, 1.82) is 0 Å². The number of fused-ring (bicyclic) bond motifs is 2. The van der Waals surface area contributed by atoms with E-state index in [1.165, 1.54) is 30.6 Å². The summed E-state index contributed by atoms with van der Waals surface area (Å²) in [6.45, 7) is 0. The number of hydrogen-bond acceptors (Lipinski definition) is 6. The minimum absolute atomic E-state index is 0.149. The molecule has 2 N–H and O–H groups in total. The fourth-order valence-electron chi connectivity index (χ4n) is 4.49. The number of carbonyl (C=O) groups excluding carboxylic acids is 1. The van der Waals surface area contributed by atoms with Gasteiger partial charge in [0.25, 0.3) is 5.89 Å². The van der Waals surface area contributed by atoms with E-state index in [0.29, 0.717) is 23.9 Å². The number of carbonyl (C=O) groups is 1. The highest BCUT2D eigenvalue weighted by atomic mass is 32.1. The third-order valence-electron chi connectivity index (χ3n) is 6.17. The average Bonchev–Trinajstić information content (AvgIpc) is 3.18. The summed E-state index contributed by atoms with van der Waals surface area (Å²) < 4.78 is 5.42. The van der Waals surface area contributed by atoms with Gasteiger partial charge in [-0.1, -0.05) is 11.6 Å². The Hall–Kier alpha value is -1.93. The molecule has 2 aromatic heterocycles. The van der Waals surface area contributed by atoms with Crippen LogP contribution in [0.4, 0.5) is 10.5 Å². The molecule has 1 saturated carbocycles. The summed E-state index contributed by atoms with van der Waals surface area (Å²) in [6, 6.07) is 3.18. The second-order valence-corrected chi connectivity index (χ2v) is 8.98. The van der Waals surface area contributed by atoms with Gasteiger partial charge in [-0.3, -0.25) is 0 Å². The molecule has 2 saturated heterocycles. The van der Waals surface area contributed by atoms with Gasteiger partial charge in [-0.05, 0) is 57.0 Å². The number of rotatable bonds is 4. The summed E-state index contributed by atoms with van der Waals surface area (Å²) in [5.74, 6) is 1.73. The van der Waals surface area contributed by atoms with Crippen LogP contribution in [0, 0.1) is 0 Å². The Morgan fingerprint density at radius 2 is 2.04 bits per heavy atom. The maximum atomic E-state index is 12.6. The maximum absolute atomic E-state index is 12.6. The van der Waals surface area contributed by atoms with E-state index in [4.69, 9.17) is 4.52 Å². The van der Waals surface area contributed by atoms with Crippen molar-refractivity contribution >= 4 is 23.1 Å². The van der Waals surface area contributed by atoms with Crippen LogP contribution in [0.1, 0.15) is 56.7 Å². The SMILES string of the molecule is CN1C2CCCC1CC(NC(=O)Nc1ccsc1-c1nc(C3CC3)no1)C2. The molecule has 2 aromatic rings. The summed E-state index contributed by atoms with van der Waals surface area (Å²) in [7, 11) is 2.22. The molecular formula is C19H25N5O2S. The Bertz CT molecular complexity index is 816. The highest BCUT2D eigenvalue weighted by Gasteiger charge is 2.36. The third-order valence-corrected chi connectivity index (χ3v) is 7.07. The molecular weight excluding hydrogens is 362 g/mol. The van der Waals surface area contributed by atoms with Crippen LogP contribution < -0.4 is 10.6 Å². The Morgan fingerprint density at radius 3 is 2.78 bits per heavy atom. The van der Waals surface area contributed by atoms with Crippen molar-refractivity contribution in [3.05, 3.63) is 17.3 Å². The number of nitrogens with zero attached hydrogens (tertiary/aromatic N) is 3. The van der Waals surface area contributed by atoms with E-state index in [-0.39, 0.29) is 12.1 Å². The molecule has 8 heteroatoms. The molecule has 2 bridgehead atoms. The molecule has 0 radical (unpaired) electrons. The van der Waals surface area contributed by atoms with Crippen LogP contribution in [-0.2, 0) is 0 Å². The number of aromatic nitrogens is 2. The Balaban J connectivity index is 1.23. The fraction of sp³-hybridized carbons (Fsp3) is 0.632. The second kappa shape index (κ2) is 6.91. The molecule has 2 atom stereocenters. The van der Waals surface area contributed by atoms with E-state index in [9.17, 15) is 4.79 Å². The summed E-state index contributed by atoms with van der Waals surface area (Å²) in [5, 5.41) is 12.2. The smallest absolute Gasteiger partial charge is 0.319 e. The van der Waals surface area contributed by atoms with Crippen molar-refractivity contribution in [3.63, 3.8) is 0 Å². The van der Waals surface area contributed by atoms with Crippen LogP contribution in [0.5, 0.6) is 0 Å². The lowest BCUT2D eigenvalue weighted by atomic mass is 9.82. The molecule has 5 rings (SSSR count). The number of amides is 2. The predicted molar refractivity (Wildman–Crippen MR) is 104 cm³/mol. The first-order valence-corrected chi connectivity index (χ1v) is 10.8. The summed E-state index contributed by atoms with van der Waals surface area (Å²) in [5.41, 5.74) is 0.733. The van der Waals surface area contributed by atoms with Crippen LogP contribution in [0.25, 0.3) is 10.8 Å². The van der Waals surface area contributed by atoms with Crippen molar-refractivity contribution in [2.75, 3.05) is 12.4 Å². The molecule has 2 amide bonds. The van der Waals surface area contributed by atoms with Gasteiger partial charge in [0.15, 0.2) is 5.82 Å². The lowest BCUT2D eigenvalue weighted by Gasteiger charge is -2.47. The van der Waals surface area contributed by atoms with Gasteiger partial charge in [0.05, 0.1) is 5.69 Å². The first kappa shape index (κ1) is 17.2. The van der Waals surface area contributed by atoms with Gasteiger partial charge in [0, 0.05) is 24.0 Å². The number of hydrogen-bond donors (Lipinski definition) is 2. The summed E-state index contributed by atoms with van der Waals surface area (Å²) >= 11 is 1.50. The van der Waals surface area contributed by atoms with Crippen LogP contribution in [0.2, 0.25) is 0 Å². The van der Waals surface area contributed by atoms with E-state index in [0.717, 1.165) is 42.1 Å². The molecule has 0 aromatic carbocycles.